The molecule has 25 heavy (non-hydrogen) atoms. The molecular weight excluding hydrogens is 341 g/mol. The molecule has 0 fully saturated rings. The Kier molecular flexibility index (Phi) is 5.41. The average Bonchev–Trinajstić information content (AvgIpc) is 2.62. The van der Waals surface area contributed by atoms with Crippen molar-refractivity contribution >= 4 is 17.3 Å². The summed E-state index contributed by atoms with van der Waals surface area (Å²) in [6.07, 6.45) is 0. The lowest BCUT2D eigenvalue weighted by Crippen LogP contribution is -2.04. The smallest absolute Gasteiger partial charge is 0.124 e. The number of hydrogen-bond acceptors (Lipinski definition) is 3. The van der Waals surface area contributed by atoms with Crippen LogP contribution in [-0.4, -0.2) is 5.11 Å². The first-order valence-electron chi connectivity index (χ1n) is 7.79. The van der Waals surface area contributed by atoms with Crippen LogP contribution in [0.5, 0.6) is 11.5 Å². The third-order valence-corrected chi connectivity index (χ3v) is 3.92. The summed E-state index contributed by atoms with van der Waals surface area (Å²) < 4.78 is 18.8. The van der Waals surface area contributed by atoms with E-state index in [1.165, 1.54) is 12.1 Å². The predicted octanol–water partition coefficient (Wildman–Crippen LogP) is 5.38. The topological polar surface area (TPSA) is 41.5 Å². The van der Waals surface area contributed by atoms with Gasteiger partial charge in [0, 0.05) is 22.8 Å². The molecule has 0 aromatic heterocycles. The molecule has 0 aliphatic rings. The first kappa shape index (κ1) is 17.1. The van der Waals surface area contributed by atoms with E-state index < -0.39 is 0 Å². The van der Waals surface area contributed by atoms with Crippen molar-refractivity contribution in [1.82, 2.24) is 0 Å². The average molecular weight is 358 g/mol. The summed E-state index contributed by atoms with van der Waals surface area (Å²) in [5, 5.41) is 13.2. The van der Waals surface area contributed by atoms with E-state index in [9.17, 15) is 9.50 Å². The van der Waals surface area contributed by atoms with E-state index in [1.807, 2.05) is 12.1 Å². The summed E-state index contributed by atoms with van der Waals surface area (Å²) in [6, 6.07) is 18.5. The predicted molar refractivity (Wildman–Crippen MR) is 97.6 cm³/mol. The number of phenolic OH excluding ortho intramolecular Hbond substituents is 1. The molecule has 0 atom stereocenters. The zero-order valence-electron chi connectivity index (χ0n) is 13.4. The molecule has 0 radical (unpaired) electrons. The highest BCUT2D eigenvalue weighted by atomic mass is 35.5. The van der Waals surface area contributed by atoms with Gasteiger partial charge in [-0.05, 0) is 60.2 Å². The highest BCUT2D eigenvalue weighted by Crippen LogP contribution is 2.25. The van der Waals surface area contributed by atoms with Gasteiger partial charge in [-0.25, -0.2) is 4.39 Å². The van der Waals surface area contributed by atoms with Crippen molar-refractivity contribution in [3.8, 4) is 11.5 Å². The second kappa shape index (κ2) is 7.90. The molecule has 0 spiro atoms. The number of nitrogens with one attached hydrogen (secondary N) is 1. The fourth-order valence-electron chi connectivity index (χ4n) is 2.35. The Morgan fingerprint density at radius 3 is 2.40 bits per heavy atom. The third kappa shape index (κ3) is 4.88. The van der Waals surface area contributed by atoms with E-state index >= 15 is 0 Å². The van der Waals surface area contributed by atoms with Crippen LogP contribution in [0.25, 0.3) is 0 Å². The molecule has 3 aromatic rings. The van der Waals surface area contributed by atoms with Crippen LogP contribution in [0.1, 0.15) is 11.1 Å². The Balaban J connectivity index is 1.69. The molecule has 3 rings (SSSR count). The Bertz CT molecular complexity index is 835. The molecule has 128 valence electrons. The van der Waals surface area contributed by atoms with E-state index in [0.29, 0.717) is 23.9 Å². The SMILES string of the molecule is Oc1ccc(NCc2cc(Cl)ccc2OCc2ccc(F)cc2)cc1. The molecule has 0 bridgehead atoms. The van der Waals surface area contributed by atoms with Crippen LogP contribution in [0, 0.1) is 5.82 Å². The van der Waals surface area contributed by atoms with E-state index in [4.69, 9.17) is 16.3 Å². The van der Waals surface area contributed by atoms with E-state index in [1.54, 1.807) is 42.5 Å². The van der Waals surface area contributed by atoms with Gasteiger partial charge in [0.2, 0.25) is 0 Å². The maximum Gasteiger partial charge on any atom is 0.124 e. The van der Waals surface area contributed by atoms with Crippen molar-refractivity contribution in [2.45, 2.75) is 13.2 Å². The minimum absolute atomic E-state index is 0.219. The van der Waals surface area contributed by atoms with Crippen LogP contribution in [0.15, 0.2) is 66.7 Å². The fraction of sp³-hybridized carbons (Fsp3) is 0.100. The number of hydrogen-bond donors (Lipinski definition) is 2. The number of benzene rings is 3. The van der Waals surface area contributed by atoms with Gasteiger partial charge in [-0.1, -0.05) is 23.7 Å². The molecule has 3 nitrogen and oxygen atoms in total. The van der Waals surface area contributed by atoms with Gasteiger partial charge in [-0.2, -0.15) is 0 Å². The van der Waals surface area contributed by atoms with Crippen molar-refractivity contribution in [3.63, 3.8) is 0 Å². The molecule has 5 heteroatoms. The molecule has 0 saturated heterocycles. The van der Waals surface area contributed by atoms with Gasteiger partial charge in [0.15, 0.2) is 0 Å². The second-order valence-electron chi connectivity index (χ2n) is 5.57. The highest BCUT2D eigenvalue weighted by Gasteiger charge is 2.06. The van der Waals surface area contributed by atoms with E-state index in [2.05, 4.69) is 5.32 Å². The van der Waals surface area contributed by atoms with Gasteiger partial charge in [-0.15, -0.1) is 0 Å². The van der Waals surface area contributed by atoms with Gasteiger partial charge in [0.05, 0.1) is 0 Å². The number of anilines is 1. The van der Waals surface area contributed by atoms with E-state index in [0.717, 1.165) is 16.8 Å². The number of phenols is 1. The number of ether oxygens (including phenoxy) is 1. The number of rotatable bonds is 6. The zero-order valence-corrected chi connectivity index (χ0v) is 14.1. The second-order valence-corrected chi connectivity index (χ2v) is 6.00. The molecule has 3 aromatic carbocycles. The van der Waals surface area contributed by atoms with Gasteiger partial charge in [0.1, 0.15) is 23.9 Å². The number of aromatic hydroxyl groups is 1. The van der Waals surface area contributed by atoms with Crippen molar-refractivity contribution in [2.75, 3.05) is 5.32 Å². The van der Waals surface area contributed by atoms with Crippen LogP contribution < -0.4 is 10.1 Å². The van der Waals surface area contributed by atoms with Crippen LogP contribution in [-0.2, 0) is 13.2 Å². The Morgan fingerprint density at radius 1 is 0.960 bits per heavy atom. The lowest BCUT2D eigenvalue weighted by Gasteiger charge is -2.13. The summed E-state index contributed by atoms with van der Waals surface area (Å²) in [4.78, 5) is 0. The monoisotopic (exact) mass is 357 g/mol. The first-order chi connectivity index (χ1) is 12.1. The van der Waals surface area contributed by atoms with Gasteiger partial charge >= 0.3 is 0 Å². The first-order valence-corrected chi connectivity index (χ1v) is 8.16. The van der Waals surface area contributed by atoms with Crippen molar-refractivity contribution in [3.05, 3.63) is 88.7 Å². The minimum atomic E-state index is -0.269. The van der Waals surface area contributed by atoms with Crippen LogP contribution >= 0.6 is 11.6 Å². The summed E-state index contributed by atoms with van der Waals surface area (Å²) in [5.41, 5.74) is 2.67. The molecule has 0 unspecified atom stereocenters. The quantitative estimate of drug-likeness (QED) is 0.582. The molecule has 0 saturated carbocycles. The summed E-state index contributed by atoms with van der Waals surface area (Å²) in [6.45, 7) is 0.859. The molecule has 0 amide bonds. The van der Waals surface area contributed by atoms with Gasteiger partial charge in [0.25, 0.3) is 0 Å². The van der Waals surface area contributed by atoms with Crippen molar-refractivity contribution < 1.29 is 14.2 Å². The molecule has 2 N–H and O–H groups in total. The largest absolute Gasteiger partial charge is 0.508 e. The summed E-state index contributed by atoms with van der Waals surface area (Å²) >= 11 is 6.10. The van der Waals surface area contributed by atoms with Crippen LogP contribution in [0.4, 0.5) is 10.1 Å². The third-order valence-electron chi connectivity index (χ3n) is 3.68. The normalized spacial score (nSPS) is 10.5. The summed E-state index contributed by atoms with van der Waals surface area (Å²) in [7, 11) is 0. The fourth-order valence-corrected chi connectivity index (χ4v) is 2.54. The van der Waals surface area contributed by atoms with Gasteiger partial charge < -0.3 is 15.2 Å². The maximum atomic E-state index is 13.0. The minimum Gasteiger partial charge on any atom is -0.508 e. The zero-order chi connectivity index (χ0) is 17.6. The number of halogens is 2. The molecule has 0 heterocycles. The van der Waals surface area contributed by atoms with Crippen LogP contribution in [0.2, 0.25) is 5.02 Å². The van der Waals surface area contributed by atoms with Crippen molar-refractivity contribution in [1.29, 1.82) is 0 Å². The van der Waals surface area contributed by atoms with E-state index in [-0.39, 0.29) is 11.6 Å². The molecule has 0 aliphatic carbocycles. The Labute approximate surface area is 150 Å². The van der Waals surface area contributed by atoms with Crippen molar-refractivity contribution in [2.24, 2.45) is 0 Å². The lowest BCUT2D eigenvalue weighted by molar-refractivity contribution is 0.303. The lowest BCUT2D eigenvalue weighted by atomic mass is 10.2. The van der Waals surface area contributed by atoms with Gasteiger partial charge in [-0.3, -0.25) is 0 Å². The standard InChI is InChI=1S/C20H17ClFNO2/c21-16-3-10-20(25-13-14-1-4-17(22)5-2-14)15(11-16)12-23-18-6-8-19(24)9-7-18/h1-11,23-24H,12-13H2. The summed E-state index contributed by atoms with van der Waals surface area (Å²) in [5.74, 6) is 0.658. The maximum absolute atomic E-state index is 13.0. The Morgan fingerprint density at radius 2 is 1.68 bits per heavy atom. The van der Waals surface area contributed by atoms with Crippen LogP contribution in [0.3, 0.4) is 0 Å². The molecule has 0 aliphatic heterocycles. The highest BCUT2D eigenvalue weighted by molar-refractivity contribution is 6.30. The Hall–Kier alpha value is -2.72. The molecular formula is C20H17ClFNO2.